The number of carboxylic acid groups (broad SMARTS) is 1. The van der Waals surface area contributed by atoms with E-state index in [0.717, 1.165) is 0 Å². The molecular weight excluding hydrogens is 340 g/mol. The molecule has 1 amide bonds. The number of aromatic nitrogens is 1. The molecule has 0 bridgehead atoms. The normalized spacial score (nSPS) is 14.0. The number of hydrogen-bond acceptors (Lipinski definition) is 5. The summed E-state index contributed by atoms with van der Waals surface area (Å²) in [6.45, 7) is 5.26. The first-order valence-corrected chi connectivity index (χ1v) is 8.27. The summed E-state index contributed by atoms with van der Waals surface area (Å²) in [6, 6.07) is 6.81. The van der Waals surface area contributed by atoms with Crippen molar-refractivity contribution in [3.63, 3.8) is 0 Å². The first-order valence-electron chi connectivity index (χ1n) is 8.27. The Labute approximate surface area is 150 Å². The van der Waals surface area contributed by atoms with Gasteiger partial charge < -0.3 is 30.4 Å². The molecule has 2 unspecified atom stereocenters. The predicted octanol–water partition coefficient (Wildman–Crippen LogP) is 2.18. The van der Waals surface area contributed by atoms with Crippen LogP contribution in [-0.2, 0) is 4.74 Å². The van der Waals surface area contributed by atoms with Gasteiger partial charge in [-0.05, 0) is 33.3 Å². The van der Waals surface area contributed by atoms with Crippen LogP contribution >= 0.6 is 0 Å². The van der Waals surface area contributed by atoms with E-state index in [1.807, 2.05) is 0 Å². The molecule has 0 saturated carbocycles. The van der Waals surface area contributed by atoms with E-state index >= 15 is 0 Å². The topological polar surface area (TPSA) is 132 Å². The van der Waals surface area contributed by atoms with Crippen LogP contribution in [0, 0.1) is 0 Å². The number of carbonyl (C=O) groups excluding carboxylic acids is 1. The Morgan fingerprint density at radius 1 is 1.23 bits per heavy atom. The minimum atomic E-state index is -1.42. The number of H-pyrrole nitrogens is 1. The maximum atomic E-state index is 11.6. The van der Waals surface area contributed by atoms with Gasteiger partial charge in [0, 0.05) is 23.0 Å². The van der Waals surface area contributed by atoms with E-state index in [4.69, 9.17) is 4.74 Å². The SMILES string of the molecule is CC(C)(C)OC(=O)NCCC(O)C(O)c1c(C(=O)O)[nH]c2ccccc12. The van der Waals surface area contributed by atoms with Crippen molar-refractivity contribution in [2.45, 2.75) is 45.0 Å². The molecule has 26 heavy (non-hydrogen) atoms. The van der Waals surface area contributed by atoms with Crippen LogP contribution in [0.4, 0.5) is 4.79 Å². The quantitative estimate of drug-likeness (QED) is 0.534. The average molecular weight is 364 g/mol. The number of alkyl carbamates (subject to hydrolysis) is 1. The molecule has 0 radical (unpaired) electrons. The fourth-order valence-corrected chi connectivity index (χ4v) is 2.63. The Kier molecular flexibility index (Phi) is 5.89. The lowest BCUT2D eigenvalue weighted by atomic mass is 9.98. The number of aromatic amines is 1. The number of fused-ring (bicyclic) bond motifs is 1. The molecule has 1 aromatic carbocycles. The van der Waals surface area contributed by atoms with Gasteiger partial charge >= 0.3 is 12.1 Å². The molecule has 5 N–H and O–H groups in total. The van der Waals surface area contributed by atoms with Crippen molar-refractivity contribution in [1.82, 2.24) is 10.3 Å². The van der Waals surface area contributed by atoms with Gasteiger partial charge in [-0.25, -0.2) is 9.59 Å². The number of amides is 1. The van der Waals surface area contributed by atoms with E-state index in [-0.39, 0.29) is 24.2 Å². The smallest absolute Gasteiger partial charge is 0.407 e. The maximum absolute atomic E-state index is 11.6. The molecule has 2 aromatic rings. The largest absolute Gasteiger partial charge is 0.477 e. The zero-order valence-electron chi connectivity index (χ0n) is 14.9. The van der Waals surface area contributed by atoms with Crippen molar-refractivity contribution in [3.05, 3.63) is 35.5 Å². The van der Waals surface area contributed by atoms with E-state index < -0.39 is 29.9 Å². The van der Waals surface area contributed by atoms with Crippen molar-refractivity contribution < 1.29 is 29.6 Å². The van der Waals surface area contributed by atoms with E-state index in [1.54, 1.807) is 45.0 Å². The minimum Gasteiger partial charge on any atom is -0.477 e. The maximum Gasteiger partial charge on any atom is 0.407 e. The van der Waals surface area contributed by atoms with Crippen LogP contribution in [0.15, 0.2) is 24.3 Å². The second-order valence-corrected chi connectivity index (χ2v) is 6.99. The Hall–Kier alpha value is -2.58. The van der Waals surface area contributed by atoms with Gasteiger partial charge in [0.2, 0.25) is 0 Å². The number of hydrogen-bond donors (Lipinski definition) is 5. The summed E-state index contributed by atoms with van der Waals surface area (Å²) in [5.41, 5.74) is -0.128. The zero-order valence-corrected chi connectivity index (χ0v) is 14.9. The van der Waals surface area contributed by atoms with Gasteiger partial charge in [0.15, 0.2) is 0 Å². The minimum absolute atomic E-state index is 0.0268. The zero-order chi connectivity index (χ0) is 19.5. The van der Waals surface area contributed by atoms with E-state index in [1.165, 1.54) is 0 Å². The molecule has 0 aliphatic carbocycles. The van der Waals surface area contributed by atoms with Crippen LogP contribution in [0.2, 0.25) is 0 Å². The highest BCUT2D eigenvalue weighted by Crippen LogP contribution is 2.30. The number of benzene rings is 1. The number of aliphatic hydroxyl groups excluding tert-OH is 2. The molecule has 1 heterocycles. The summed E-state index contributed by atoms with van der Waals surface area (Å²) < 4.78 is 5.08. The molecule has 1 aromatic heterocycles. The fourth-order valence-electron chi connectivity index (χ4n) is 2.63. The molecule has 8 heteroatoms. The summed E-state index contributed by atoms with van der Waals surface area (Å²) in [4.78, 5) is 25.8. The molecule has 2 atom stereocenters. The molecule has 0 aliphatic rings. The van der Waals surface area contributed by atoms with E-state index in [2.05, 4.69) is 10.3 Å². The molecule has 2 rings (SSSR count). The lowest BCUT2D eigenvalue weighted by Gasteiger charge is -2.21. The van der Waals surface area contributed by atoms with Crippen LogP contribution in [-0.4, -0.2) is 50.6 Å². The lowest BCUT2D eigenvalue weighted by Crippen LogP contribution is -2.34. The highest BCUT2D eigenvalue weighted by Gasteiger charge is 2.28. The van der Waals surface area contributed by atoms with Crippen molar-refractivity contribution in [3.8, 4) is 0 Å². The van der Waals surface area contributed by atoms with Gasteiger partial charge in [0.05, 0.1) is 6.10 Å². The number of nitrogens with one attached hydrogen (secondary N) is 2. The molecule has 0 aliphatic heterocycles. The summed E-state index contributed by atoms with van der Waals surface area (Å²) in [6.07, 6.45) is -3.28. The van der Waals surface area contributed by atoms with Crippen LogP contribution < -0.4 is 5.32 Å². The fraction of sp³-hybridized carbons (Fsp3) is 0.444. The molecule has 0 fully saturated rings. The summed E-state index contributed by atoms with van der Waals surface area (Å²) >= 11 is 0. The standard InChI is InChI=1S/C18H24N2O6/c1-18(2,3)26-17(25)19-9-8-12(21)15(22)13-10-6-4-5-7-11(10)20-14(13)16(23)24/h4-7,12,15,20-22H,8-9H2,1-3H3,(H,19,25)(H,23,24). The van der Waals surface area contributed by atoms with E-state index in [0.29, 0.717) is 10.9 Å². The van der Waals surface area contributed by atoms with Crippen LogP contribution in [0.25, 0.3) is 10.9 Å². The molecule has 0 saturated heterocycles. The van der Waals surface area contributed by atoms with Gasteiger partial charge in [-0.1, -0.05) is 18.2 Å². The van der Waals surface area contributed by atoms with Gasteiger partial charge in [-0.2, -0.15) is 0 Å². The summed E-state index contributed by atoms with van der Waals surface area (Å²) in [5.74, 6) is -1.23. The molecule has 8 nitrogen and oxygen atoms in total. The van der Waals surface area contributed by atoms with Crippen LogP contribution in [0.3, 0.4) is 0 Å². The number of carboxylic acids is 1. The Morgan fingerprint density at radius 3 is 2.50 bits per heavy atom. The third-order valence-electron chi connectivity index (χ3n) is 3.73. The third-order valence-corrected chi connectivity index (χ3v) is 3.73. The summed E-state index contributed by atoms with van der Waals surface area (Å²) in [5, 5.41) is 33.1. The van der Waals surface area contributed by atoms with Crippen molar-refractivity contribution in [2.75, 3.05) is 6.54 Å². The van der Waals surface area contributed by atoms with Crippen molar-refractivity contribution in [2.24, 2.45) is 0 Å². The number of carbonyl (C=O) groups is 2. The van der Waals surface area contributed by atoms with Gasteiger partial charge in [0.25, 0.3) is 0 Å². The Balaban J connectivity index is 2.08. The second-order valence-electron chi connectivity index (χ2n) is 6.99. The molecule has 0 spiro atoms. The predicted molar refractivity (Wildman–Crippen MR) is 95.1 cm³/mol. The number of para-hydroxylation sites is 1. The molecular formula is C18H24N2O6. The average Bonchev–Trinajstić information content (AvgIpc) is 2.92. The van der Waals surface area contributed by atoms with Gasteiger partial charge in [-0.15, -0.1) is 0 Å². The highest BCUT2D eigenvalue weighted by atomic mass is 16.6. The monoisotopic (exact) mass is 364 g/mol. The van der Waals surface area contributed by atoms with Crippen molar-refractivity contribution in [1.29, 1.82) is 0 Å². The first kappa shape index (κ1) is 19.7. The molecule has 142 valence electrons. The second kappa shape index (κ2) is 7.76. The number of aromatic carboxylic acids is 1. The number of aliphatic hydroxyl groups is 2. The van der Waals surface area contributed by atoms with Crippen LogP contribution in [0.1, 0.15) is 49.3 Å². The highest BCUT2D eigenvalue weighted by molar-refractivity contribution is 5.97. The lowest BCUT2D eigenvalue weighted by molar-refractivity contribution is 0.0123. The van der Waals surface area contributed by atoms with Crippen molar-refractivity contribution >= 4 is 23.0 Å². The third kappa shape index (κ3) is 4.74. The van der Waals surface area contributed by atoms with E-state index in [9.17, 15) is 24.9 Å². The number of rotatable bonds is 6. The van der Waals surface area contributed by atoms with Crippen LogP contribution in [0.5, 0.6) is 0 Å². The number of ether oxygens (including phenoxy) is 1. The summed E-state index contributed by atoms with van der Waals surface area (Å²) in [7, 11) is 0. The van der Waals surface area contributed by atoms with Gasteiger partial charge in [-0.3, -0.25) is 0 Å². The Bertz CT molecular complexity index is 793. The first-order chi connectivity index (χ1) is 12.1. The van der Waals surface area contributed by atoms with Gasteiger partial charge in [0.1, 0.15) is 17.4 Å². The Morgan fingerprint density at radius 2 is 1.88 bits per heavy atom.